The molecule has 0 aliphatic heterocycles. The molecule has 0 atom stereocenters. The maximum Gasteiger partial charge on any atom is 0.294 e. The van der Waals surface area contributed by atoms with E-state index in [1.165, 1.54) is 12.1 Å². The Bertz CT molecular complexity index is 969. The molecule has 0 radical (unpaired) electrons. The molecule has 1 amide bonds. The molecule has 33 heavy (non-hydrogen) atoms. The molecule has 0 spiro atoms. The van der Waals surface area contributed by atoms with Gasteiger partial charge in [-0.25, -0.2) is 0 Å². The zero-order chi connectivity index (χ0) is 25.0. The Morgan fingerprint density at radius 2 is 1.61 bits per heavy atom. The van der Waals surface area contributed by atoms with Gasteiger partial charge in [0.05, 0.1) is 4.90 Å². The number of benzene rings is 2. The molecule has 2 aromatic carbocycles. The van der Waals surface area contributed by atoms with Crippen molar-refractivity contribution in [1.82, 2.24) is 10.2 Å². The second-order valence-electron chi connectivity index (χ2n) is 8.15. The van der Waals surface area contributed by atoms with E-state index in [2.05, 4.69) is 50.0 Å². The molecule has 0 saturated carbocycles. The van der Waals surface area contributed by atoms with Crippen LogP contribution in [0.5, 0.6) is 5.75 Å². The molecule has 0 fully saturated rings. The highest BCUT2D eigenvalue weighted by atomic mass is 32.2. The minimum atomic E-state index is -4.02. The summed E-state index contributed by atoms with van der Waals surface area (Å²) >= 11 is 0. The molecule has 8 heteroatoms. The van der Waals surface area contributed by atoms with Crippen LogP contribution in [0.25, 0.3) is 0 Å². The molecule has 0 heterocycles. The van der Waals surface area contributed by atoms with Crippen molar-refractivity contribution in [3.05, 3.63) is 59.2 Å². The van der Waals surface area contributed by atoms with Crippen LogP contribution in [-0.2, 0) is 14.9 Å². The van der Waals surface area contributed by atoms with E-state index in [4.69, 9.17) is 9.29 Å². The number of carbonyl (C=O) groups is 1. The van der Waals surface area contributed by atoms with Crippen LogP contribution in [0.3, 0.4) is 0 Å². The van der Waals surface area contributed by atoms with E-state index in [0.717, 1.165) is 42.1 Å². The average molecular weight is 479 g/mol. The minimum Gasteiger partial charge on any atom is -0.483 e. The lowest BCUT2D eigenvalue weighted by molar-refractivity contribution is -0.123. The fraction of sp³-hybridized carbons (Fsp3) is 0.480. The summed E-state index contributed by atoms with van der Waals surface area (Å²) in [7, 11) is -4.02. The molecule has 0 aliphatic rings. The smallest absolute Gasteiger partial charge is 0.294 e. The molecule has 0 aliphatic carbocycles. The Morgan fingerprint density at radius 1 is 1.03 bits per heavy atom. The zero-order valence-electron chi connectivity index (χ0n) is 20.6. The Hall–Kier alpha value is -2.42. The van der Waals surface area contributed by atoms with Crippen LogP contribution in [0.2, 0.25) is 0 Å². The Morgan fingerprint density at radius 3 is 2.12 bits per heavy atom. The summed E-state index contributed by atoms with van der Waals surface area (Å²) < 4.78 is 35.3. The third kappa shape index (κ3) is 10.8. The van der Waals surface area contributed by atoms with Gasteiger partial charge in [0.2, 0.25) is 0 Å². The van der Waals surface area contributed by atoms with Crippen LogP contribution in [-0.4, -0.2) is 56.6 Å². The Balaban J connectivity index is 0.000000412. The van der Waals surface area contributed by atoms with Gasteiger partial charge in [-0.2, -0.15) is 8.42 Å². The van der Waals surface area contributed by atoms with E-state index in [-0.39, 0.29) is 17.4 Å². The first kappa shape index (κ1) is 28.6. The number of carbonyl (C=O) groups excluding carboxylic acids is 1. The van der Waals surface area contributed by atoms with Gasteiger partial charge in [-0.3, -0.25) is 9.35 Å². The van der Waals surface area contributed by atoms with Crippen LogP contribution >= 0.6 is 0 Å². The molecule has 0 bridgehead atoms. The van der Waals surface area contributed by atoms with Crippen molar-refractivity contribution < 1.29 is 22.5 Å². The van der Waals surface area contributed by atoms with Gasteiger partial charge in [0.15, 0.2) is 6.61 Å². The molecule has 0 saturated heterocycles. The first-order valence-corrected chi connectivity index (χ1v) is 12.7. The highest BCUT2D eigenvalue weighted by Crippen LogP contribution is 2.27. The van der Waals surface area contributed by atoms with E-state index in [1.807, 2.05) is 19.9 Å². The molecule has 2 N–H and O–H groups in total. The summed E-state index contributed by atoms with van der Waals surface area (Å²) in [5.41, 5.74) is 3.24. The maximum absolute atomic E-state index is 11.9. The fourth-order valence-corrected chi connectivity index (χ4v) is 3.52. The number of aryl methyl sites for hydroxylation is 2. The quantitative estimate of drug-likeness (QED) is 0.497. The van der Waals surface area contributed by atoms with Crippen LogP contribution in [0, 0.1) is 13.8 Å². The highest BCUT2D eigenvalue weighted by molar-refractivity contribution is 7.85. The molecule has 0 unspecified atom stereocenters. The molecular weight excluding hydrogens is 440 g/mol. The first-order chi connectivity index (χ1) is 15.5. The lowest BCUT2D eigenvalue weighted by atomic mass is 10.0. The second-order valence-corrected chi connectivity index (χ2v) is 9.57. The van der Waals surface area contributed by atoms with E-state index in [1.54, 1.807) is 12.1 Å². The van der Waals surface area contributed by atoms with Crippen molar-refractivity contribution in [2.75, 3.05) is 32.8 Å². The number of nitrogens with one attached hydrogen (secondary N) is 1. The summed E-state index contributed by atoms with van der Waals surface area (Å²) in [6.07, 6.45) is 0. The summed E-state index contributed by atoms with van der Waals surface area (Å²) in [4.78, 5) is 14.1. The summed E-state index contributed by atoms with van der Waals surface area (Å²) in [6, 6.07) is 12.1. The van der Waals surface area contributed by atoms with Gasteiger partial charge >= 0.3 is 0 Å². The normalized spacial score (nSPS) is 11.2. The van der Waals surface area contributed by atoms with Gasteiger partial charge < -0.3 is 15.0 Å². The van der Waals surface area contributed by atoms with Crippen LogP contribution in [0.1, 0.15) is 50.3 Å². The van der Waals surface area contributed by atoms with E-state index >= 15 is 0 Å². The van der Waals surface area contributed by atoms with E-state index in [9.17, 15) is 13.2 Å². The van der Waals surface area contributed by atoms with E-state index < -0.39 is 10.1 Å². The molecular formula is C25H38N2O5S. The number of rotatable bonds is 10. The zero-order valence-corrected chi connectivity index (χ0v) is 21.4. The SMILES string of the molecule is CCN(CC)CCNC(=O)COc1cc(C)ccc1C(C)C.Cc1ccc(S(=O)(=O)O)cc1. The Kier molecular flexibility index (Phi) is 12.1. The number of ether oxygens (including phenoxy) is 1. The molecule has 2 aromatic rings. The number of likely N-dealkylation sites (N-methyl/N-ethyl adjacent to an activating group) is 1. The van der Waals surface area contributed by atoms with Gasteiger partial charge in [0, 0.05) is 13.1 Å². The number of amides is 1. The van der Waals surface area contributed by atoms with Gasteiger partial charge in [0.25, 0.3) is 16.0 Å². The number of hydrogen-bond acceptors (Lipinski definition) is 5. The third-order valence-electron chi connectivity index (χ3n) is 5.11. The molecule has 0 aromatic heterocycles. The van der Waals surface area contributed by atoms with Crippen LogP contribution in [0.15, 0.2) is 47.4 Å². The summed E-state index contributed by atoms with van der Waals surface area (Å²) in [6.45, 7) is 16.0. The van der Waals surface area contributed by atoms with Gasteiger partial charge in [0.1, 0.15) is 5.75 Å². The lowest BCUT2D eigenvalue weighted by Crippen LogP contribution is -2.36. The summed E-state index contributed by atoms with van der Waals surface area (Å²) in [5.74, 6) is 1.12. The largest absolute Gasteiger partial charge is 0.483 e. The van der Waals surface area contributed by atoms with Crippen LogP contribution in [0.4, 0.5) is 0 Å². The molecule has 2 rings (SSSR count). The van der Waals surface area contributed by atoms with Gasteiger partial charge in [-0.1, -0.05) is 57.5 Å². The monoisotopic (exact) mass is 478 g/mol. The fourth-order valence-electron chi connectivity index (χ4n) is 3.04. The van der Waals surface area contributed by atoms with Crippen LogP contribution < -0.4 is 10.1 Å². The summed E-state index contributed by atoms with van der Waals surface area (Å²) in [5, 5.41) is 2.91. The topological polar surface area (TPSA) is 95.9 Å². The van der Waals surface area contributed by atoms with Crippen molar-refractivity contribution in [2.24, 2.45) is 0 Å². The number of nitrogens with zero attached hydrogens (tertiary/aromatic N) is 1. The van der Waals surface area contributed by atoms with Crippen molar-refractivity contribution in [3.63, 3.8) is 0 Å². The van der Waals surface area contributed by atoms with Gasteiger partial charge in [-0.15, -0.1) is 0 Å². The number of hydrogen-bond donors (Lipinski definition) is 2. The second kappa shape index (κ2) is 14.0. The van der Waals surface area contributed by atoms with Crippen molar-refractivity contribution >= 4 is 16.0 Å². The lowest BCUT2D eigenvalue weighted by Gasteiger charge is -2.18. The van der Waals surface area contributed by atoms with Crippen molar-refractivity contribution in [3.8, 4) is 5.75 Å². The minimum absolute atomic E-state index is 0.0663. The third-order valence-corrected chi connectivity index (χ3v) is 5.98. The van der Waals surface area contributed by atoms with E-state index in [0.29, 0.717) is 12.5 Å². The highest BCUT2D eigenvalue weighted by Gasteiger charge is 2.10. The maximum atomic E-state index is 11.9. The van der Waals surface area contributed by atoms with Gasteiger partial charge in [-0.05, 0) is 62.2 Å². The Labute approximate surface area is 198 Å². The van der Waals surface area contributed by atoms with Crippen molar-refractivity contribution in [1.29, 1.82) is 0 Å². The first-order valence-electron chi connectivity index (χ1n) is 11.2. The average Bonchev–Trinajstić information content (AvgIpc) is 2.75. The standard InChI is InChI=1S/C18H30N2O2.C7H8O3S/c1-6-20(7-2)11-10-19-18(21)13-22-17-12-15(5)8-9-16(17)14(3)4;1-6-2-4-7(5-3-6)11(8,9)10/h8-9,12,14H,6-7,10-11,13H2,1-5H3,(H,19,21);2-5H,1H3,(H,8,9,10). The predicted octanol–water partition coefficient (Wildman–Crippen LogP) is 4.20. The molecule has 184 valence electrons. The molecule has 7 nitrogen and oxygen atoms in total. The predicted molar refractivity (Wildman–Crippen MR) is 133 cm³/mol. The van der Waals surface area contributed by atoms with Crippen molar-refractivity contribution in [2.45, 2.75) is 52.4 Å².